The van der Waals surface area contributed by atoms with E-state index in [-0.39, 0.29) is 6.04 Å². The smallest absolute Gasteiger partial charge is 0.260 e. The van der Waals surface area contributed by atoms with Gasteiger partial charge in [0, 0.05) is 25.7 Å². The molecule has 0 atom stereocenters. The predicted octanol–water partition coefficient (Wildman–Crippen LogP) is 1.18. The summed E-state index contributed by atoms with van der Waals surface area (Å²) in [4.78, 5) is 2.29. The van der Waals surface area contributed by atoms with Gasteiger partial charge in [-0.05, 0) is 39.4 Å². The molecule has 7 heteroatoms. The molecule has 1 aliphatic rings. The molecule has 1 aromatic rings. The third kappa shape index (κ3) is 3.05. The highest BCUT2D eigenvalue weighted by Crippen LogP contribution is 2.20. The summed E-state index contributed by atoms with van der Waals surface area (Å²) in [5, 5.41) is 4.43. The minimum absolute atomic E-state index is 0.0360. The summed E-state index contributed by atoms with van der Waals surface area (Å²) in [7, 11) is -3.44. The molecule has 1 aromatic heterocycles. The highest BCUT2D eigenvalue weighted by molar-refractivity contribution is 7.89. The third-order valence-electron chi connectivity index (χ3n) is 3.72. The molecule has 1 saturated heterocycles. The Labute approximate surface area is 121 Å². The van der Waals surface area contributed by atoms with Crippen molar-refractivity contribution >= 4 is 10.0 Å². The Kier molecular flexibility index (Phi) is 4.82. The highest BCUT2D eigenvalue weighted by atomic mass is 32.2. The van der Waals surface area contributed by atoms with Crippen LogP contribution in [0, 0.1) is 0 Å². The van der Waals surface area contributed by atoms with E-state index in [1.54, 1.807) is 21.3 Å². The zero-order valence-electron chi connectivity index (χ0n) is 12.5. The van der Waals surface area contributed by atoms with Crippen LogP contribution in [-0.2, 0) is 10.0 Å². The van der Waals surface area contributed by atoms with E-state index in [2.05, 4.69) is 16.9 Å². The van der Waals surface area contributed by atoms with Crippen molar-refractivity contribution in [3.63, 3.8) is 0 Å². The van der Waals surface area contributed by atoms with Crippen LogP contribution in [0.25, 0.3) is 0 Å². The average molecular weight is 300 g/mol. The largest absolute Gasteiger partial charge is 0.302 e. The van der Waals surface area contributed by atoms with Crippen molar-refractivity contribution in [3.05, 3.63) is 12.3 Å². The molecule has 114 valence electrons. The number of aromatic nitrogens is 2. The molecule has 1 fully saturated rings. The standard InChI is InChI=1S/C13H24N4O2S/c1-4-15-8-5-9-16(11-10-15)20(18,19)13-6-7-14-17(13)12(2)3/h6-7,12H,4-5,8-11H2,1-3H3. The molecule has 2 heterocycles. The van der Waals surface area contributed by atoms with Crippen molar-refractivity contribution in [2.24, 2.45) is 0 Å². The number of nitrogens with zero attached hydrogens (tertiary/aromatic N) is 4. The third-order valence-corrected chi connectivity index (χ3v) is 5.62. The summed E-state index contributed by atoms with van der Waals surface area (Å²) in [6.07, 6.45) is 2.44. The van der Waals surface area contributed by atoms with Gasteiger partial charge in [0.1, 0.15) is 0 Å². The van der Waals surface area contributed by atoms with E-state index >= 15 is 0 Å². The number of rotatable bonds is 4. The summed E-state index contributed by atoms with van der Waals surface area (Å²) in [5.41, 5.74) is 0. The average Bonchev–Trinajstić information content (AvgIpc) is 2.78. The van der Waals surface area contributed by atoms with Crippen molar-refractivity contribution in [2.75, 3.05) is 32.7 Å². The maximum absolute atomic E-state index is 12.8. The molecular weight excluding hydrogens is 276 g/mol. The van der Waals surface area contributed by atoms with Gasteiger partial charge in [-0.1, -0.05) is 6.92 Å². The second kappa shape index (κ2) is 6.24. The van der Waals surface area contributed by atoms with Gasteiger partial charge >= 0.3 is 0 Å². The van der Waals surface area contributed by atoms with Crippen LogP contribution < -0.4 is 0 Å². The molecule has 0 amide bonds. The summed E-state index contributed by atoms with van der Waals surface area (Å²) < 4.78 is 28.7. The maximum Gasteiger partial charge on any atom is 0.260 e. The highest BCUT2D eigenvalue weighted by Gasteiger charge is 2.29. The fourth-order valence-corrected chi connectivity index (χ4v) is 4.21. The van der Waals surface area contributed by atoms with Gasteiger partial charge in [-0.2, -0.15) is 9.40 Å². The number of hydrogen-bond acceptors (Lipinski definition) is 4. The van der Waals surface area contributed by atoms with Crippen molar-refractivity contribution in [1.82, 2.24) is 19.0 Å². The topological polar surface area (TPSA) is 58.4 Å². The van der Waals surface area contributed by atoms with Crippen LogP contribution in [0.5, 0.6) is 0 Å². The Morgan fingerprint density at radius 2 is 2.00 bits per heavy atom. The Hall–Kier alpha value is -0.920. The van der Waals surface area contributed by atoms with Gasteiger partial charge in [-0.15, -0.1) is 0 Å². The molecule has 20 heavy (non-hydrogen) atoms. The fourth-order valence-electron chi connectivity index (χ4n) is 2.53. The molecule has 0 aromatic carbocycles. The van der Waals surface area contributed by atoms with Crippen LogP contribution in [0.15, 0.2) is 17.3 Å². The Morgan fingerprint density at radius 1 is 1.25 bits per heavy atom. The predicted molar refractivity (Wildman–Crippen MR) is 78.1 cm³/mol. The minimum Gasteiger partial charge on any atom is -0.302 e. The normalized spacial score (nSPS) is 19.4. The molecule has 6 nitrogen and oxygen atoms in total. The molecule has 0 aliphatic carbocycles. The van der Waals surface area contributed by atoms with E-state index in [4.69, 9.17) is 0 Å². The first kappa shape index (κ1) is 15.5. The first-order valence-electron chi connectivity index (χ1n) is 7.22. The number of hydrogen-bond donors (Lipinski definition) is 0. The molecule has 0 spiro atoms. The first-order valence-corrected chi connectivity index (χ1v) is 8.67. The van der Waals surface area contributed by atoms with Crippen LogP contribution in [0.4, 0.5) is 0 Å². The van der Waals surface area contributed by atoms with Crippen molar-refractivity contribution < 1.29 is 8.42 Å². The second-order valence-electron chi connectivity index (χ2n) is 5.40. The lowest BCUT2D eigenvalue weighted by molar-refractivity contribution is 0.301. The summed E-state index contributed by atoms with van der Waals surface area (Å²) in [6, 6.07) is 1.63. The molecule has 0 unspecified atom stereocenters. The zero-order chi connectivity index (χ0) is 14.8. The number of sulfonamides is 1. The molecule has 2 rings (SSSR count). The summed E-state index contributed by atoms with van der Waals surface area (Å²) >= 11 is 0. The number of likely N-dealkylation sites (N-methyl/N-ethyl adjacent to an activating group) is 1. The van der Waals surface area contributed by atoms with E-state index in [9.17, 15) is 8.42 Å². The van der Waals surface area contributed by atoms with Crippen molar-refractivity contribution in [1.29, 1.82) is 0 Å². The van der Waals surface area contributed by atoms with Gasteiger partial charge in [0.25, 0.3) is 10.0 Å². The quantitative estimate of drug-likeness (QED) is 0.838. The van der Waals surface area contributed by atoms with E-state index < -0.39 is 10.0 Å². The van der Waals surface area contributed by atoms with Crippen molar-refractivity contribution in [2.45, 2.75) is 38.3 Å². The lowest BCUT2D eigenvalue weighted by Crippen LogP contribution is -2.36. The lowest BCUT2D eigenvalue weighted by atomic mass is 10.4. The Bertz CT molecular complexity index is 538. The molecular formula is C13H24N4O2S. The molecule has 0 radical (unpaired) electrons. The van der Waals surface area contributed by atoms with Gasteiger partial charge in [0.15, 0.2) is 5.03 Å². The van der Waals surface area contributed by atoms with Crippen LogP contribution in [-0.4, -0.2) is 60.1 Å². The SMILES string of the molecule is CCN1CCCN(S(=O)(=O)c2ccnn2C(C)C)CC1. The summed E-state index contributed by atoms with van der Waals surface area (Å²) in [6.45, 7) is 9.86. The first-order chi connectivity index (χ1) is 9.46. The van der Waals surface area contributed by atoms with Gasteiger partial charge in [0.05, 0.1) is 6.20 Å². The van der Waals surface area contributed by atoms with E-state index in [0.29, 0.717) is 18.1 Å². The minimum atomic E-state index is -3.44. The van der Waals surface area contributed by atoms with Gasteiger partial charge in [-0.25, -0.2) is 8.42 Å². The Morgan fingerprint density at radius 3 is 2.65 bits per heavy atom. The van der Waals surface area contributed by atoms with Crippen LogP contribution in [0.2, 0.25) is 0 Å². The fraction of sp³-hybridized carbons (Fsp3) is 0.769. The van der Waals surface area contributed by atoms with Crippen LogP contribution >= 0.6 is 0 Å². The van der Waals surface area contributed by atoms with E-state index in [1.165, 1.54) is 0 Å². The Balaban J connectivity index is 2.24. The van der Waals surface area contributed by atoms with E-state index in [1.807, 2.05) is 13.8 Å². The molecule has 0 bridgehead atoms. The second-order valence-corrected chi connectivity index (χ2v) is 7.28. The van der Waals surface area contributed by atoms with Crippen LogP contribution in [0.1, 0.15) is 33.2 Å². The maximum atomic E-state index is 12.8. The van der Waals surface area contributed by atoms with Gasteiger partial charge in [-0.3, -0.25) is 4.68 Å². The molecule has 1 aliphatic heterocycles. The van der Waals surface area contributed by atoms with Gasteiger partial charge < -0.3 is 4.90 Å². The lowest BCUT2D eigenvalue weighted by Gasteiger charge is -2.22. The molecule has 0 N–H and O–H groups in total. The van der Waals surface area contributed by atoms with E-state index in [0.717, 1.165) is 26.1 Å². The molecule has 0 saturated carbocycles. The zero-order valence-corrected chi connectivity index (χ0v) is 13.3. The van der Waals surface area contributed by atoms with Gasteiger partial charge in [0.2, 0.25) is 0 Å². The monoisotopic (exact) mass is 300 g/mol. The van der Waals surface area contributed by atoms with Crippen molar-refractivity contribution in [3.8, 4) is 0 Å². The summed E-state index contributed by atoms with van der Waals surface area (Å²) in [5.74, 6) is 0. The van der Waals surface area contributed by atoms with Crippen LogP contribution in [0.3, 0.4) is 0 Å².